The Kier molecular flexibility index (Phi) is 5.13. The molecule has 2 rings (SSSR count). The van der Waals surface area contributed by atoms with Gasteiger partial charge in [0.1, 0.15) is 0 Å². The van der Waals surface area contributed by atoms with Gasteiger partial charge in [-0.25, -0.2) is 5.84 Å². The fraction of sp³-hybridized carbons (Fsp3) is 0.769. The van der Waals surface area contributed by atoms with Crippen LogP contribution in [0.1, 0.15) is 33.1 Å². The zero-order valence-corrected chi connectivity index (χ0v) is 12.8. The summed E-state index contributed by atoms with van der Waals surface area (Å²) in [6.07, 6.45) is 3.55. The molecule has 1 fully saturated rings. The number of hydrazine groups is 1. The molecule has 1 saturated heterocycles. The van der Waals surface area contributed by atoms with Crippen molar-refractivity contribution >= 4 is 17.8 Å². The topological polar surface area (TPSA) is 112 Å². The maximum Gasteiger partial charge on any atom is 0.243 e. The lowest BCUT2D eigenvalue weighted by Gasteiger charge is -2.27. The van der Waals surface area contributed by atoms with Crippen molar-refractivity contribution in [3.05, 3.63) is 0 Å². The highest BCUT2D eigenvalue weighted by Crippen LogP contribution is 2.19. The van der Waals surface area contributed by atoms with E-state index in [4.69, 9.17) is 5.84 Å². The molecule has 0 unspecified atom stereocenters. The normalized spacial score (nSPS) is 15.9. The number of aliphatic hydroxyl groups is 1. The Bertz CT molecular complexity index is 460. The third kappa shape index (κ3) is 4.40. The molecule has 0 aromatic carbocycles. The predicted molar refractivity (Wildman–Crippen MR) is 83.1 cm³/mol. The van der Waals surface area contributed by atoms with Crippen molar-refractivity contribution in [2.75, 3.05) is 41.9 Å². The third-order valence-corrected chi connectivity index (χ3v) is 3.54. The zero-order chi connectivity index (χ0) is 15.3. The van der Waals surface area contributed by atoms with E-state index in [1.165, 1.54) is 6.42 Å². The Balaban J connectivity index is 2.13. The van der Waals surface area contributed by atoms with Crippen LogP contribution in [0.15, 0.2) is 0 Å². The highest BCUT2D eigenvalue weighted by Gasteiger charge is 2.19. The Morgan fingerprint density at radius 2 is 1.81 bits per heavy atom. The van der Waals surface area contributed by atoms with Crippen LogP contribution in [-0.2, 0) is 0 Å². The summed E-state index contributed by atoms with van der Waals surface area (Å²) in [7, 11) is 0. The number of hydrogen-bond donors (Lipinski definition) is 4. The monoisotopic (exact) mass is 295 g/mol. The molecule has 0 amide bonds. The van der Waals surface area contributed by atoms with Crippen molar-refractivity contribution in [2.24, 2.45) is 11.3 Å². The first-order chi connectivity index (χ1) is 10.0. The van der Waals surface area contributed by atoms with E-state index in [1.54, 1.807) is 0 Å². The fourth-order valence-electron chi connectivity index (χ4n) is 2.12. The van der Waals surface area contributed by atoms with Gasteiger partial charge in [-0.15, -0.1) is 0 Å². The van der Waals surface area contributed by atoms with Crippen molar-refractivity contribution in [2.45, 2.75) is 33.1 Å². The average molecular weight is 295 g/mol. The summed E-state index contributed by atoms with van der Waals surface area (Å²) in [6.45, 7) is 6.50. The number of aliphatic hydroxyl groups excluding tert-OH is 1. The zero-order valence-electron chi connectivity index (χ0n) is 12.8. The van der Waals surface area contributed by atoms with Gasteiger partial charge >= 0.3 is 0 Å². The van der Waals surface area contributed by atoms with Gasteiger partial charge in [-0.2, -0.15) is 15.0 Å². The van der Waals surface area contributed by atoms with Gasteiger partial charge in [0.25, 0.3) is 0 Å². The predicted octanol–water partition coefficient (Wildman–Crippen LogP) is 0.578. The molecule has 8 nitrogen and oxygen atoms in total. The second-order valence-corrected chi connectivity index (χ2v) is 6.15. The van der Waals surface area contributed by atoms with Crippen molar-refractivity contribution in [1.82, 2.24) is 15.0 Å². The van der Waals surface area contributed by atoms with Crippen LogP contribution in [0.25, 0.3) is 0 Å². The molecule has 21 heavy (non-hydrogen) atoms. The molecule has 1 aliphatic heterocycles. The molecule has 0 bridgehead atoms. The fourth-order valence-corrected chi connectivity index (χ4v) is 2.12. The number of piperidine rings is 1. The Morgan fingerprint density at radius 1 is 1.14 bits per heavy atom. The van der Waals surface area contributed by atoms with Crippen LogP contribution in [0.3, 0.4) is 0 Å². The highest BCUT2D eigenvalue weighted by molar-refractivity contribution is 5.43. The van der Waals surface area contributed by atoms with Crippen molar-refractivity contribution < 1.29 is 5.11 Å². The minimum absolute atomic E-state index is 0.0893. The van der Waals surface area contributed by atoms with Crippen LogP contribution in [-0.4, -0.2) is 46.3 Å². The molecule has 1 aromatic heterocycles. The van der Waals surface area contributed by atoms with Crippen LogP contribution >= 0.6 is 0 Å². The molecular weight excluding hydrogens is 270 g/mol. The number of nitrogen functional groups attached to an aromatic ring is 1. The van der Waals surface area contributed by atoms with E-state index in [9.17, 15) is 5.11 Å². The van der Waals surface area contributed by atoms with E-state index < -0.39 is 0 Å². The second-order valence-electron chi connectivity index (χ2n) is 6.15. The van der Waals surface area contributed by atoms with Crippen LogP contribution in [0.4, 0.5) is 17.8 Å². The first-order valence-electron chi connectivity index (χ1n) is 7.36. The number of nitrogens with one attached hydrogen (secondary N) is 2. The number of aromatic nitrogens is 3. The van der Waals surface area contributed by atoms with Gasteiger partial charge in [-0.3, -0.25) is 5.43 Å². The maximum atomic E-state index is 9.30. The first-order valence-corrected chi connectivity index (χ1v) is 7.36. The number of anilines is 3. The molecule has 8 heteroatoms. The van der Waals surface area contributed by atoms with E-state index in [-0.39, 0.29) is 12.0 Å². The van der Waals surface area contributed by atoms with Gasteiger partial charge in [0, 0.05) is 31.7 Å². The Labute approximate surface area is 125 Å². The van der Waals surface area contributed by atoms with Crippen LogP contribution < -0.4 is 21.5 Å². The quantitative estimate of drug-likeness (QED) is 0.445. The van der Waals surface area contributed by atoms with E-state index >= 15 is 0 Å². The third-order valence-electron chi connectivity index (χ3n) is 3.54. The van der Waals surface area contributed by atoms with Crippen LogP contribution in [0.2, 0.25) is 0 Å². The van der Waals surface area contributed by atoms with Gasteiger partial charge in [0.05, 0.1) is 0 Å². The largest absolute Gasteiger partial charge is 0.396 e. The minimum Gasteiger partial charge on any atom is -0.396 e. The van der Waals surface area contributed by atoms with Gasteiger partial charge < -0.3 is 15.3 Å². The summed E-state index contributed by atoms with van der Waals surface area (Å²) >= 11 is 0. The summed E-state index contributed by atoms with van der Waals surface area (Å²) in [5.74, 6) is 6.89. The Hall–Kier alpha value is -1.67. The molecule has 1 aromatic rings. The highest BCUT2D eigenvalue weighted by atomic mass is 16.3. The summed E-state index contributed by atoms with van der Waals surface area (Å²) in [5.41, 5.74) is 2.24. The molecule has 0 aliphatic carbocycles. The number of hydrogen-bond acceptors (Lipinski definition) is 8. The summed E-state index contributed by atoms with van der Waals surface area (Å²) in [6, 6.07) is 0. The summed E-state index contributed by atoms with van der Waals surface area (Å²) < 4.78 is 0. The van der Waals surface area contributed by atoms with E-state index in [0.717, 1.165) is 25.9 Å². The summed E-state index contributed by atoms with van der Waals surface area (Å²) in [5, 5.41) is 12.4. The molecule has 0 spiro atoms. The van der Waals surface area contributed by atoms with Crippen molar-refractivity contribution in [3.8, 4) is 0 Å². The summed E-state index contributed by atoms with van der Waals surface area (Å²) in [4.78, 5) is 15.1. The van der Waals surface area contributed by atoms with Crippen molar-refractivity contribution in [3.63, 3.8) is 0 Å². The van der Waals surface area contributed by atoms with Gasteiger partial charge in [-0.05, 0) is 19.3 Å². The second kappa shape index (κ2) is 6.86. The Morgan fingerprint density at radius 3 is 2.43 bits per heavy atom. The first kappa shape index (κ1) is 15.7. The van der Waals surface area contributed by atoms with Gasteiger partial charge in [0.2, 0.25) is 17.8 Å². The number of nitrogens with zero attached hydrogens (tertiary/aromatic N) is 4. The molecule has 2 heterocycles. The number of rotatable bonds is 6. The molecular formula is C13H25N7O. The lowest BCUT2D eigenvalue weighted by Crippen LogP contribution is -2.32. The van der Waals surface area contributed by atoms with Crippen LogP contribution in [0, 0.1) is 5.41 Å². The average Bonchev–Trinajstić information content (AvgIpc) is 2.53. The standard InChI is InChI=1S/C13H25N7O/c1-13(2,9-21)8-15-10-16-11(19-14)18-12(17-10)20-6-4-3-5-7-20/h21H,3-9,14H2,1-2H3,(H2,15,16,17,18,19). The van der Waals surface area contributed by atoms with Crippen LogP contribution in [0.5, 0.6) is 0 Å². The molecule has 5 N–H and O–H groups in total. The minimum atomic E-state index is -0.242. The molecule has 0 atom stereocenters. The van der Waals surface area contributed by atoms with E-state index in [0.29, 0.717) is 24.4 Å². The lowest BCUT2D eigenvalue weighted by molar-refractivity contribution is 0.170. The van der Waals surface area contributed by atoms with Gasteiger partial charge in [0.15, 0.2) is 0 Å². The molecule has 118 valence electrons. The maximum absolute atomic E-state index is 9.30. The molecule has 0 radical (unpaired) electrons. The van der Waals surface area contributed by atoms with E-state index in [2.05, 4.69) is 30.6 Å². The lowest BCUT2D eigenvalue weighted by atomic mass is 9.95. The molecule has 0 saturated carbocycles. The molecule has 1 aliphatic rings. The smallest absolute Gasteiger partial charge is 0.243 e. The van der Waals surface area contributed by atoms with E-state index in [1.807, 2.05) is 13.8 Å². The SMILES string of the molecule is CC(C)(CO)CNc1nc(NN)nc(N2CCCCC2)n1. The number of nitrogens with two attached hydrogens (primary N) is 1. The van der Waals surface area contributed by atoms with Crippen molar-refractivity contribution in [1.29, 1.82) is 0 Å². The van der Waals surface area contributed by atoms with Gasteiger partial charge in [-0.1, -0.05) is 13.8 Å².